The summed E-state index contributed by atoms with van der Waals surface area (Å²) in [6, 6.07) is 24.3. The van der Waals surface area contributed by atoms with Crippen molar-refractivity contribution >= 4 is 33.4 Å². The molecule has 0 atom stereocenters. The maximum atomic E-state index is 5.25. The Morgan fingerprint density at radius 2 is 1.54 bits per heavy atom. The topological polar surface area (TPSA) is 26.5 Å². The Morgan fingerprint density at radius 3 is 2.32 bits per heavy atom. The van der Waals surface area contributed by atoms with Crippen molar-refractivity contribution in [1.82, 2.24) is 4.98 Å². The van der Waals surface area contributed by atoms with E-state index in [1.807, 2.05) is 0 Å². The molecule has 2 aliphatic rings. The average Bonchev–Trinajstić information content (AvgIpc) is 3.44. The van der Waals surface area contributed by atoms with Gasteiger partial charge in [0.2, 0.25) is 0 Å². The van der Waals surface area contributed by atoms with Crippen LogP contribution in [0.15, 0.2) is 76.2 Å². The van der Waals surface area contributed by atoms with Crippen LogP contribution in [0.25, 0.3) is 23.0 Å². The minimum Gasteiger partial charge on any atom is -0.657 e. The molecule has 0 saturated carbocycles. The molecular formula is C33H30BrCuN2+. The van der Waals surface area contributed by atoms with Crippen LogP contribution >= 0.6 is 15.9 Å². The van der Waals surface area contributed by atoms with Gasteiger partial charge >= 0.3 is 17.1 Å². The van der Waals surface area contributed by atoms with E-state index >= 15 is 0 Å². The van der Waals surface area contributed by atoms with Gasteiger partial charge in [0.1, 0.15) is 0 Å². The predicted molar refractivity (Wildman–Crippen MR) is 155 cm³/mol. The molecule has 3 aromatic carbocycles. The molecule has 4 heteroatoms. The van der Waals surface area contributed by atoms with Gasteiger partial charge < -0.3 is 4.98 Å². The smallest absolute Gasteiger partial charge is 0.657 e. The number of hydrogen-bond donors (Lipinski definition) is 0. The number of rotatable bonds is 4. The van der Waals surface area contributed by atoms with Gasteiger partial charge in [0, 0.05) is 21.2 Å². The van der Waals surface area contributed by atoms with Gasteiger partial charge in [0.15, 0.2) is 0 Å². The Morgan fingerprint density at radius 1 is 0.784 bits per heavy atom. The fourth-order valence-corrected chi connectivity index (χ4v) is 5.84. The number of hydrogen-bond acceptors (Lipinski definition) is 1. The van der Waals surface area contributed by atoms with E-state index in [-0.39, 0.29) is 17.1 Å². The van der Waals surface area contributed by atoms with Gasteiger partial charge in [-0.2, -0.15) is 0 Å². The summed E-state index contributed by atoms with van der Waals surface area (Å²) in [5.41, 5.74) is 14.5. The molecule has 189 valence electrons. The Bertz CT molecular complexity index is 1550. The van der Waals surface area contributed by atoms with Crippen molar-refractivity contribution in [2.24, 2.45) is 4.99 Å². The molecule has 1 radical (unpaired) electrons. The second-order valence-electron chi connectivity index (χ2n) is 10.5. The molecule has 1 aliphatic heterocycles. The van der Waals surface area contributed by atoms with Crippen molar-refractivity contribution in [2.45, 2.75) is 52.4 Å². The maximum Gasteiger partial charge on any atom is 2.00 e. The van der Waals surface area contributed by atoms with Crippen LogP contribution in [0, 0.1) is 0 Å². The zero-order valence-electron chi connectivity index (χ0n) is 21.6. The van der Waals surface area contributed by atoms with Crippen LogP contribution < -0.4 is 4.98 Å². The molecule has 0 amide bonds. The molecule has 0 fully saturated rings. The van der Waals surface area contributed by atoms with Crippen LogP contribution in [0.5, 0.6) is 0 Å². The third-order valence-corrected chi connectivity index (χ3v) is 7.95. The summed E-state index contributed by atoms with van der Waals surface area (Å²) in [5.74, 6) is 0.909. The largest absolute Gasteiger partial charge is 2.00 e. The maximum absolute atomic E-state index is 5.25. The first-order chi connectivity index (χ1) is 17.4. The number of fused-ring (bicyclic) bond motifs is 4. The standard InChI is InChI=1S/C33H30BrN2.Cu/c1-19(2)22-11-13-28(29(16-22)20(3)4)33-30-17-24(34)12-14-27(30)31(36-33)18-25-15-23-10-9-21-7-5-6-8-26(21)32(23)35-25;/h5-8,11-20H,9-10H2,1-4H3;/q-1;+2. The minimum atomic E-state index is 0. The van der Waals surface area contributed by atoms with Crippen molar-refractivity contribution < 1.29 is 17.1 Å². The fourth-order valence-electron chi connectivity index (χ4n) is 5.48. The average molecular weight is 598 g/mol. The van der Waals surface area contributed by atoms with Gasteiger partial charge in [-0.05, 0) is 59.1 Å². The molecule has 0 N–H and O–H groups in total. The predicted octanol–water partition coefficient (Wildman–Crippen LogP) is 8.77. The van der Waals surface area contributed by atoms with Gasteiger partial charge in [0.25, 0.3) is 0 Å². The van der Waals surface area contributed by atoms with E-state index in [9.17, 15) is 0 Å². The summed E-state index contributed by atoms with van der Waals surface area (Å²) in [7, 11) is 0. The summed E-state index contributed by atoms with van der Waals surface area (Å²) in [6.45, 7) is 9.05. The molecular weight excluding hydrogens is 568 g/mol. The molecule has 0 saturated heterocycles. The summed E-state index contributed by atoms with van der Waals surface area (Å²) >= 11 is 3.70. The Hall–Kier alpha value is -2.65. The first kappa shape index (κ1) is 26.0. The monoisotopic (exact) mass is 596 g/mol. The van der Waals surface area contributed by atoms with Gasteiger partial charge in [-0.25, -0.2) is 4.99 Å². The van der Waals surface area contributed by atoms with E-state index in [2.05, 4.69) is 116 Å². The number of nitrogens with zero attached hydrogens (tertiary/aromatic N) is 2. The molecule has 1 aliphatic carbocycles. The number of benzene rings is 3. The van der Waals surface area contributed by atoms with Crippen LogP contribution in [0.3, 0.4) is 0 Å². The molecule has 0 spiro atoms. The number of halogens is 1. The minimum absolute atomic E-state index is 0. The van der Waals surface area contributed by atoms with Crippen LogP contribution in [-0.2, 0) is 29.9 Å². The second-order valence-corrected chi connectivity index (χ2v) is 11.5. The van der Waals surface area contributed by atoms with E-state index in [1.165, 1.54) is 38.9 Å². The van der Waals surface area contributed by atoms with E-state index in [0.29, 0.717) is 11.8 Å². The number of aliphatic imine (C=N–C) groups is 1. The van der Waals surface area contributed by atoms with Crippen molar-refractivity contribution in [3.05, 3.63) is 116 Å². The molecule has 0 unspecified atom stereocenters. The number of aryl methyl sites for hydroxylation is 2. The summed E-state index contributed by atoms with van der Waals surface area (Å²) in [5, 5.41) is 0. The Kier molecular flexibility index (Phi) is 7.20. The van der Waals surface area contributed by atoms with E-state index < -0.39 is 0 Å². The molecule has 4 aromatic rings. The fraction of sp³-hybridized carbons (Fsp3) is 0.242. The SMILES string of the molecule is CC(C)c1ccc(C2=NC(=Cc3cc4c([n-]3)-c3ccccc3CC4)c3ccc(Br)cc32)c(C(C)C)c1.[Cu+2]. The third-order valence-electron chi connectivity index (χ3n) is 7.45. The molecule has 2 nitrogen and oxygen atoms in total. The van der Waals surface area contributed by atoms with E-state index in [1.54, 1.807) is 0 Å². The van der Waals surface area contributed by atoms with Crippen molar-refractivity contribution in [1.29, 1.82) is 0 Å². The van der Waals surface area contributed by atoms with E-state index in [0.717, 1.165) is 45.7 Å². The summed E-state index contributed by atoms with van der Waals surface area (Å²) in [4.78, 5) is 10.3. The molecule has 6 rings (SSSR count). The van der Waals surface area contributed by atoms with E-state index in [4.69, 9.17) is 9.98 Å². The molecule has 37 heavy (non-hydrogen) atoms. The summed E-state index contributed by atoms with van der Waals surface area (Å²) < 4.78 is 1.07. The molecule has 1 aromatic heterocycles. The van der Waals surface area contributed by atoms with Crippen molar-refractivity contribution in [3.8, 4) is 11.3 Å². The van der Waals surface area contributed by atoms with Gasteiger partial charge in [0.05, 0.1) is 11.4 Å². The summed E-state index contributed by atoms with van der Waals surface area (Å²) in [6.07, 6.45) is 4.28. The van der Waals surface area contributed by atoms with Crippen molar-refractivity contribution in [3.63, 3.8) is 0 Å². The Balaban J connectivity index is 0.00000280. The van der Waals surface area contributed by atoms with Crippen LogP contribution in [0.1, 0.15) is 84.2 Å². The van der Waals surface area contributed by atoms with Crippen molar-refractivity contribution in [2.75, 3.05) is 0 Å². The van der Waals surface area contributed by atoms with Crippen LogP contribution in [-0.4, -0.2) is 5.71 Å². The third kappa shape index (κ3) is 4.72. The van der Waals surface area contributed by atoms with Gasteiger partial charge in [-0.3, -0.25) is 0 Å². The van der Waals surface area contributed by atoms with Crippen LogP contribution in [0.2, 0.25) is 0 Å². The van der Waals surface area contributed by atoms with Crippen LogP contribution in [0.4, 0.5) is 0 Å². The molecule has 0 bridgehead atoms. The van der Waals surface area contributed by atoms with Gasteiger partial charge in [-0.1, -0.05) is 110 Å². The zero-order chi connectivity index (χ0) is 25.0. The quantitative estimate of drug-likeness (QED) is 0.216. The van der Waals surface area contributed by atoms with Gasteiger partial charge in [-0.15, -0.1) is 11.4 Å². The normalized spacial score (nSPS) is 14.9. The first-order valence-electron chi connectivity index (χ1n) is 12.9. The molecule has 2 heterocycles. The zero-order valence-corrected chi connectivity index (χ0v) is 24.1. The second kappa shape index (κ2) is 10.3. The number of aromatic nitrogens is 1. The Labute approximate surface area is 238 Å². The first-order valence-corrected chi connectivity index (χ1v) is 13.7.